The summed E-state index contributed by atoms with van der Waals surface area (Å²) >= 11 is 0. The molecule has 65 valence electrons. The first-order valence-corrected chi connectivity index (χ1v) is 4.22. The monoisotopic (exact) mass is 172 g/mol. The average Bonchev–Trinajstić information content (AvgIpc) is 2.17. The van der Waals surface area contributed by atoms with Crippen molar-refractivity contribution in [1.29, 1.82) is 0 Å². The zero-order chi connectivity index (χ0) is 9.26. The lowest BCUT2D eigenvalue weighted by Crippen LogP contribution is -1.95. The minimum absolute atomic E-state index is 0.528. The van der Waals surface area contributed by atoms with Gasteiger partial charge in [-0.1, -0.05) is 24.3 Å². The van der Waals surface area contributed by atoms with Crippen LogP contribution in [0.15, 0.2) is 30.5 Å². The maximum absolute atomic E-state index is 9.45. The van der Waals surface area contributed by atoms with Gasteiger partial charge in [0.2, 0.25) is 0 Å². The quantitative estimate of drug-likeness (QED) is 0.714. The molecule has 0 spiro atoms. The van der Waals surface area contributed by atoms with E-state index in [1.165, 1.54) is 0 Å². The summed E-state index contributed by atoms with van der Waals surface area (Å²) in [6.07, 6.45) is 1.07. The second-order valence-corrected chi connectivity index (χ2v) is 3.01. The molecule has 2 aromatic rings. The minimum atomic E-state index is -0.528. The van der Waals surface area contributed by atoms with Crippen LogP contribution < -0.4 is 0 Å². The fourth-order valence-corrected chi connectivity index (χ4v) is 1.41. The second kappa shape index (κ2) is 3.15. The Bertz CT molecular complexity index is 418. The zero-order valence-corrected chi connectivity index (χ0v) is 7.36. The summed E-state index contributed by atoms with van der Waals surface area (Å²) in [5.74, 6) is 0. The lowest BCUT2D eigenvalue weighted by Gasteiger charge is -2.06. The van der Waals surface area contributed by atoms with Crippen LogP contribution in [0, 0.1) is 6.07 Å². The van der Waals surface area contributed by atoms with E-state index in [-0.39, 0.29) is 0 Å². The van der Waals surface area contributed by atoms with E-state index in [2.05, 4.69) is 11.1 Å². The highest BCUT2D eigenvalue weighted by Crippen LogP contribution is 2.20. The number of hydrogen-bond acceptors (Lipinski definition) is 2. The number of aliphatic hydroxyl groups is 1. The summed E-state index contributed by atoms with van der Waals surface area (Å²) in [6.45, 7) is 1.72. The van der Waals surface area contributed by atoms with E-state index in [0.717, 1.165) is 10.8 Å². The van der Waals surface area contributed by atoms with Crippen LogP contribution in [-0.4, -0.2) is 10.1 Å². The third-order valence-electron chi connectivity index (χ3n) is 2.02. The molecule has 1 unspecified atom stereocenters. The molecule has 0 aliphatic heterocycles. The lowest BCUT2D eigenvalue weighted by atomic mass is 10.1. The Morgan fingerprint density at radius 1 is 1.38 bits per heavy atom. The number of aliphatic hydroxyl groups excluding tert-OH is 1. The van der Waals surface area contributed by atoms with Crippen LogP contribution in [0.25, 0.3) is 10.8 Å². The molecule has 0 bridgehead atoms. The van der Waals surface area contributed by atoms with Crippen LogP contribution >= 0.6 is 0 Å². The Balaban J connectivity index is 2.76. The molecule has 0 fully saturated rings. The summed E-state index contributed by atoms with van der Waals surface area (Å²) in [5, 5.41) is 11.4. The highest BCUT2D eigenvalue weighted by molar-refractivity contribution is 5.83. The van der Waals surface area contributed by atoms with Gasteiger partial charge in [0, 0.05) is 17.6 Å². The van der Waals surface area contributed by atoms with Gasteiger partial charge in [0.05, 0.1) is 11.8 Å². The standard InChI is InChI=1S/C11H10NO/c1-8(13)11-10-5-3-2-4-9(10)6-7-12-11/h2-5,7-8,13H,1H3. The number of pyridine rings is 1. The molecule has 0 saturated heterocycles. The smallest absolute Gasteiger partial charge is 0.0938 e. The molecule has 1 aromatic carbocycles. The van der Waals surface area contributed by atoms with Gasteiger partial charge in [-0.2, -0.15) is 0 Å². The summed E-state index contributed by atoms with van der Waals surface area (Å²) in [7, 11) is 0. The maximum Gasteiger partial charge on any atom is 0.0938 e. The Labute approximate surface area is 76.9 Å². The van der Waals surface area contributed by atoms with Gasteiger partial charge in [0.15, 0.2) is 0 Å². The van der Waals surface area contributed by atoms with Crippen LogP contribution in [0.3, 0.4) is 0 Å². The number of fused-ring (bicyclic) bond motifs is 1. The fourth-order valence-electron chi connectivity index (χ4n) is 1.41. The largest absolute Gasteiger partial charge is 0.387 e. The first kappa shape index (κ1) is 8.20. The normalized spacial score (nSPS) is 13.1. The van der Waals surface area contributed by atoms with Crippen molar-refractivity contribution in [2.45, 2.75) is 13.0 Å². The molecular formula is C11H10NO. The SMILES string of the molecule is CC(O)c1nc[c]c2ccccc12. The maximum atomic E-state index is 9.45. The van der Waals surface area contributed by atoms with Crippen molar-refractivity contribution in [3.05, 3.63) is 42.2 Å². The van der Waals surface area contributed by atoms with E-state index in [4.69, 9.17) is 0 Å². The van der Waals surface area contributed by atoms with E-state index in [0.29, 0.717) is 5.69 Å². The number of benzene rings is 1. The number of aromatic nitrogens is 1. The molecule has 2 heteroatoms. The lowest BCUT2D eigenvalue weighted by molar-refractivity contribution is 0.196. The van der Waals surface area contributed by atoms with Crippen molar-refractivity contribution >= 4 is 10.8 Å². The molecule has 0 aliphatic rings. The van der Waals surface area contributed by atoms with Crippen molar-refractivity contribution in [3.63, 3.8) is 0 Å². The third kappa shape index (κ3) is 1.40. The number of hydrogen-bond donors (Lipinski definition) is 1. The predicted octanol–water partition coefficient (Wildman–Crippen LogP) is 2.09. The Kier molecular flexibility index (Phi) is 1.99. The second-order valence-electron chi connectivity index (χ2n) is 3.01. The Morgan fingerprint density at radius 3 is 2.92 bits per heavy atom. The molecule has 0 aliphatic carbocycles. The van der Waals surface area contributed by atoms with Gasteiger partial charge in [-0.25, -0.2) is 0 Å². The summed E-state index contributed by atoms with van der Waals surface area (Å²) in [5.41, 5.74) is 0.717. The molecular weight excluding hydrogens is 162 g/mol. The number of rotatable bonds is 1. The highest BCUT2D eigenvalue weighted by atomic mass is 16.3. The Morgan fingerprint density at radius 2 is 2.15 bits per heavy atom. The molecule has 2 nitrogen and oxygen atoms in total. The van der Waals surface area contributed by atoms with Gasteiger partial charge in [-0.3, -0.25) is 4.98 Å². The topological polar surface area (TPSA) is 33.1 Å². The van der Waals surface area contributed by atoms with Crippen LogP contribution in [0.1, 0.15) is 18.7 Å². The van der Waals surface area contributed by atoms with E-state index >= 15 is 0 Å². The van der Waals surface area contributed by atoms with Crippen molar-refractivity contribution < 1.29 is 5.11 Å². The van der Waals surface area contributed by atoms with Crippen molar-refractivity contribution in [3.8, 4) is 0 Å². The summed E-state index contributed by atoms with van der Waals surface area (Å²) < 4.78 is 0. The van der Waals surface area contributed by atoms with E-state index < -0.39 is 6.10 Å². The van der Waals surface area contributed by atoms with Gasteiger partial charge in [0.1, 0.15) is 0 Å². The van der Waals surface area contributed by atoms with Crippen LogP contribution in [0.5, 0.6) is 0 Å². The molecule has 13 heavy (non-hydrogen) atoms. The molecule has 1 N–H and O–H groups in total. The first-order valence-electron chi connectivity index (χ1n) is 4.22. The van der Waals surface area contributed by atoms with Gasteiger partial charge in [0.25, 0.3) is 0 Å². The summed E-state index contributed by atoms with van der Waals surface area (Å²) in [4.78, 5) is 4.10. The molecule has 1 heterocycles. The van der Waals surface area contributed by atoms with Crippen molar-refractivity contribution in [2.24, 2.45) is 0 Å². The molecule has 0 saturated carbocycles. The van der Waals surface area contributed by atoms with E-state index in [1.54, 1.807) is 13.1 Å². The molecule has 1 radical (unpaired) electrons. The van der Waals surface area contributed by atoms with Crippen LogP contribution in [-0.2, 0) is 0 Å². The molecule has 1 atom stereocenters. The van der Waals surface area contributed by atoms with Gasteiger partial charge >= 0.3 is 0 Å². The van der Waals surface area contributed by atoms with Crippen LogP contribution in [0.4, 0.5) is 0 Å². The van der Waals surface area contributed by atoms with E-state index in [1.807, 2.05) is 24.3 Å². The zero-order valence-electron chi connectivity index (χ0n) is 7.36. The van der Waals surface area contributed by atoms with Gasteiger partial charge in [-0.05, 0) is 12.3 Å². The number of nitrogens with zero attached hydrogens (tertiary/aromatic N) is 1. The molecule has 0 amide bonds. The van der Waals surface area contributed by atoms with Gasteiger partial charge < -0.3 is 5.11 Å². The Hall–Kier alpha value is -1.41. The van der Waals surface area contributed by atoms with Crippen molar-refractivity contribution in [2.75, 3.05) is 0 Å². The fraction of sp³-hybridized carbons (Fsp3) is 0.182. The third-order valence-corrected chi connectivity index (χ3v) is 2.02. The van der Waals surface area contributed by atoms with Crippen molar-refractivity contribution in [1.82, 2.24) is 4.98 Å². The summed E-state index contributed by atoms with van der Waals surface area (Å²) in [6, 6.07) is 10.8. The van der Waals surface area contributed by atoms with Crippen LogP contribution in [0.2, 0.25) is 0 Å². The minimum Gasteiger partial charge on any atom is -0.387 e. The first-order chi connectivity index (χ1) is 6.29. The van der Waals surface area contributed by atoms with E-state index in [9.17, 15) is 5.11 Å². The molecule has 1 aromatic heterocycles. The van der Waals surface area contributed by atoms with Gasteiger partial charge in [-0.15, -0.1) is 0 Å². The highest BCUT2D eigenvalue weighted by Gasteiger charge is 2.06. The predicted molar refractivity (Wildman–Crippen MR) is 51.2 cm³/mol. The average molecular weight is 172 g/mol. The molecule has 2 rings (SSSR count).